The zero-order valence-electron chi connectivity index (χ0n) is 12.8. The first-order valence-corrected chi connectivity index (χ1v) is 8.08. The Balaban J connectivity index is 1.84. The van der Waals surface area contributed by atoms with Crippen LogP contribution in [0.15, 0.2) is 29.3 Å². The number of rotatable bonds is 3. The summed E-state index contributed by atoms with van der Waals surface area (Å²) in [7, 11) is 0. The minimum absolute atomic E-state index is 0.105. The summed E-state index contributed by atoms with van der Waals surface area (Å²) < 4.78 is 5.36. The molecule has 4 rings (SSSR count). The van der Waals surface area contributed by atoms with Gasteiger partial charge in [0.1, 0.15) is 5.41 Å². The first-order chi connectivity index (χ1) is 10.8. The van der Waals surface area contributed by atoms with Crippen molar-refractivity contribution < 1.29 is 9.53 Å². The number of aromatic nitrogens is 1. The quantitative estimate of drug-likeness (QED) is 0.884. The van der Waals surface area contributed by atoms with E-state index in [2.05, 4.69) is 23.2 Å². The maximum Gasteiger partial charge on any atom is 0.318 e. The van der Waals surface area contributed by atoms with Crippen LogP contribution in [0.1, 0.15) is 37.4 Å². The van der Waals surface area contributed by atoms with Gasteiger partial charge in [-0.15, -0.1) is 0 Å². The second-order valence-electron chi connectivity index (χ2n) is 6.16. The van der Waals surface area contributed by atoms with E-state index in [1.165, 1.54) is 10.9 Å². The van der Waals surface area contributed by atoms with E-state index in [0.717, 1.165) is 49.2 Å². The van der Waals surface area contributed by atoms with Gasteiger partial charge in [0.15, 0.2) is 0 Å². The molecule has 0 amide bonds. The Morgan fingerprint density at radius 2 is 2.18 bits per heavy atom. The number of carbonyl (C=O) groups excluding carboxylic acids is 1. The predicted molar refractivity (Wildman–Crippen MR) is 86.3 cm³/mol. The summed E-state index contributed by atoms with van der Waals surface area (Å²) in [4.78, 5) is 20.8. The largest absolute Gasteiger partial charge is 0.465 e. The molecule has 0 unspecified atom stereocenters. The van der Waals surface area contributed by atoms with Crippen molar-refractivity contribution in [2.45, 2.75) is 32.6 Å². The Morgan fingerprint density at radius 1 is 1.36 bits per heavy atom. The molecule has 4 nitrogen and oxygen atoms in total. The van der Waals surface area contributed by atoms with Crippen molar-refractivity contribution in [1.82, 2.24) is 4.98 Å². The molecule has 0 saturated heterocycles. The summed E-state index contributed by atoms with van der Waals surface area (Å²) in [6, 6.07) is 8.33. The fourth-order valence-electron chi connectivity index (χ4n) is 3.75. The molecule has 114 valence electrons. The van der Waals surface area contributed by atoms with Gasteiger partial charge in [0, 0.05) is 17.4 Å². The highest BCUT2D eigenvalue weighted by molar-refractivity contribution is 6.18. The van der Waals surface area contributed by atoms with Crippen LogP contribution in [-0.2, 0) is 16.0 Å². The molecule has 1 fully saturated rings. The van der Waals surface area contributed by atoms with Crippen molar-refractivity contribution in [1.29, 1.82) is 0 Å². The number of aromatic amines is 1. The number of carbonyl (C=O) groups is 1. The van der Waals surface area contributed by atoms with Crippen LogP contribution in [0.5, 0.6) is 0 Å². The van der Waals surface area contributed by atoms with E-state index >= 15 is 0 Å². The maximum atomic E-state index is 12.6. The van der Waals surface area contributed by atoms with Crippen LogP contribution in [0.4, 0.5) is 0 Å². The Kier molecular flexibility index (Phi) is 3.06. The lowest BCUT2D eigenvalue weighted by atomic mass is 9.64. The van der Waals surface area contributed by atoms with Gasteiger partial charge in [-0.1, -0.05) is 24.6 Å². The minimum atomic E-state index is -0.522. The van der Waals surface area contributed by atoms with Crippen LogP contribution in [0.25, 0.3) is 10.9 Å². The molecular formula is C18H20N2O2. The second kappa shape index (κ2) is 4.97. The number of fused-ring (bicyclic) bond motifs is 3. The standard InChI is InChI=1S/C18H20N2O2/c1-2-22-17(21)18(9-5-10-18)16-15-13(8-11-19-16)12-6-3-4-7-14(12)20-15/h3-4,6-7,20H,2,5,8-11H2,1H3. The maximum absolute atomic E-state index is 12.6. The Morgan fingerprint density at radius 3 is 2.91 bits per heavy atom. The number of para-hydroxylation sites is 1. The van der Waals surface area contributed by atoms with Crippen molar-refractivity contribution in [2.75, 3.05) is 13.2 Å². The summed E-state index contributed by atoms with van der Waals surface area (Å²) in [6.45, 7) is 3.04. The van der Waals surface area contributed by atoms with Gasteiger partial charge in [-0.2, -0.15) is 0 Å². The van der Waals surface area contributed by atoms with Crippen LogP contribution in [0, 0.1) is 5.41 Å². The van der Waals surface area contributed by atoms with Crippen molar-refractivity contribution >= 4 is 22.6 Å². The molecule has 1 aromatic heterocycles. The molecule has 22 heavy (non-hydrogen) atoms. The number of hydrogen-bond acceptors (Lipinski definition) is 3. The van der Waals surface area contributed by atoms with Crippen molar-refractivity contribution in [3.8, 4) is 0 Å². The molecule has 1 aliphatic carbocycles. The lowest BCUT2D eigenvalue weighted by molar-refractivity contribution is -0.155. The molecule has 0 bridgehead atoms. The van der Waals surface area contributed by atoms with Crippen LogP contribution in [0.2, 0.25) is 0 Å². The van der Waals surface area contributed by atoms with Gasteiger partial charge >= 0.3 is 5.97 Å². The molecule has 2 heterocycles. The molecule has 1 aromatic carbocycles. The number of aliphatic imine (C=N–C) groups is 1. The third-order valence-corrected chi connectivity index (χ3v) is 5.01. The molecule has 0 spiro atoms. The van der Waals surface area contributed by atoms with Gasteiger partial charge in [-0.25, -0.2) is 0 Å². The van der Waals surface area contributed by atoms with E-state index < -0.39 is 5.41 Å². The van der Waals surface area contributed by atoms with Gasteiger partial charge < -0.3 is 9.72 Å². The zero-order chi connectivity index (χ0) is 15.2. The number of benzene rings is 1. The van der Waals surface area contributed by atoms with E-state index in [4.69, 9.17) is 9.73 Å². The highest BCUT2D eigenvalue weighted by atomic mass is 16.5. The van der Waals surface area contributed by atoms with Gasteiger partial charge in [0.2, 0.25) is 0 Å². The Bertz CT molecular complexity index is 768. The van der Waals surface area contributed by atoms with Crippen LogP contribution in [-0.4, -0.2) is 29.8 Å². The smallest absolute Gasteiger partial charge is 0.318 e. The minimum Gasteiger partial charge on any atom is -0.465 e. The zero-order valence-corrected chi connectivity index (χ0v) is 12.8. The van der Waals surface area contributed by atoms with Gasteiger partial charge in [-0.3, -0.25) is 9.79 Å². The molecule has 0 radical (unpaired) electrons. The Labute approximate surface area is 129 Å². The summed E-state index contributed by atoms with van der Waals surface area (Å²) >= 11 is 0. The summed E-state index contributed by atoms with van der Waals surface area (Å²) in [6.07, 6.45) is 3.69. The van der Waals surface area contributed by atoms with Gasteiger partial charge in [0.25, 0.3) is 0 Å². The van der Waals surface area contributed by atoms with E-state index in [-0.39, 0.29) is 5.97 Å². The monoisotopic (exact) mass is 296 g/mol. The lowest BCUT2D eigenvalue weighted by Gasteiger charge is -2.41. The average Bonchev–Trinajstić information content (AvgIpc) is 2.86. The fraction of sp³-hybridized carbons (Fsp3) is 0.444. The SMILES string of the molecule is CCOC(=O)C1(C2=NCCc3c2[nH]c2ccccc32)CCC1. The summed E-state index contributed by atoms with van der Waals surface area (Å²) in [5.74, 6) is -0.105. The summed E-state index contributed by atoms with van der Waals surface area (Å²) in [5, 5.41) is 1.25. The molecule has 2 aromatic rings. The second-order valence-corrected chi connectivity index (χ2v) is 6.16. The first-order valence-electron chi connectivity index (χ1n) is 8.08. The van der Waals surface area contributed by atoms with Gasteiger partial charge in [-0.05, 0) is 37.8 Å². The molecular weight excluding hydrogens is 276 g/mol. The molecule has 2 aliphatic rings. The number of hydrogen-bond donors (Lipinski definition) is 1. The number of ether oxygens (including phenoxy) is 1. The molecule has 1 aliphatic heterocycles. The highest BCUT2D eigenvalue weighted by Crippen LogP contribution is 2.47. The number of nitrogens with zero attached hydrogens (tertiary/aromatic N) is 1. The van der Waals surface area contributed by atoms with E-state index in [9.17, 15) is 4.79 Å². The topological polar surface area (TPSA) is 54.4 Å². The molecule has 1 saturated carbocycles. The van der Waals surface area contributed by atoms with E-state index in [1.807, 2.05) is 13.0 Å². The fourth-order valence-corrected chi connectivity index (χ4v) is 3.75. The third kappa shape index (κ3) is 1.76. The van der Waals surface area contributed by atoms with E-state index in [0.29, 0.717) is 6.61 Å². The third-order valence-electron chi connectivity index (χ3n) is 5.01. The molecule has 4 heteroatoms. The number of esters is 1. The van der Waals surface area contributed by atoms with Gasteiger partial charge in [0.05, 0.1) is 18.0 Å². The van der Waals surface area contributed by atoms with E-state index in [1.54, 1.807) is 0 Å². The highest BCUT2D eigenvalue weighted by Gasteiger charge is 2.51. The lowest BCUT2D eigenvalue weighted by Crippen LogP contribution is -2.48. The Hall–Kier alpha value is -2.10. The summed E-state index contributed by atoms with van der Waals surface area (Å²) in [5.41, 5.74) is 3.89. The molecule has 0 atom stereocenters. The van der Waals surface area contributed by atoms with Crippen molar-refractivity contribution in [2.24, 2.45) is 10.4 Å². The van der Waals surface area contributed by atoms with Crippen molar-refractivity contribution in [3.05, 3.63) is 35.5 Å². The average molecular weight is 296 g/mol. The van der Waals surface area contributed by atoms with Crippen LogP contribution >= 0.6 is 0 Å². The normalized spacial score (nSPS) is 19.2. The van der Waals surface area contributed by atoms with Crippen molar-refractivity contribution in [3.63, 3.8) is 0 Å². The predicted octanol–water partition coefficient (Wildman–Crippen LogP) is 3.25. The first kappa shape index (κ1) is 13.6. The van der Waals surface area contributed by atoms with Crippen LogP contribution in [0.3, 0.4) is 0 Å². The number of H-pyrrole nitrogens is 1. The van der Waals surface area contributed by atoms with Crippen LogP contribution < -0.4 is 0 Å². The number of nitrogens with one attached hydrogen (secondary N) is 1. The molecule has 1 N–H and O–H groups in total.